The molecule has 1 rings (SSSR count). The predicted octanol–water partition coefficient (Wildman–Crippen LogP) is 5.59. The molecule has 0 fully saturated rings. The maximum absolute atomic E-state index is 11.1. The fourth-order valence-corrected chi connectivity index (χ4v) is 3.81. The lowest BCUT2D eigenvalue weighted by molar-refractivity contribution is 0.238. The third-order valence-electron chi connectivity index (χ3n) is 4.52. The topological polar surface area (TPSA) is 63.6 Å². The van der Waals surface area contributed by atoms with Crippen molar-refractivity contribution in [2.24, 2.45) is 0 Å². The first-order valence-electron chi connectivity index (χ1n) is 10.1. The van der Waals surface area contributed by atoms with Crippen molar-refractivity contribution in [3.05, 3.63) is 29.3 Å². The average molecular weight is 385 g/mol. The van der Waals surface area contributed by atoms with E-state index in [2.05, 4.69) is 26.0 Å². The lowest BCUT2D eigenvalue weighted by Gasteiger charge is -2.18. The third kappa shape index (κ3) is 10.2. The van der Waals surface area contributed by atoms with Crippen LogP contribution in [0, 0.1) is 0 Å². The molecule has 5 heteroatoms. The van der Waals surface area contributed by atoms with E-state index < -0.39 is 16.2 Å². The van der Waals surface area contributed by atoms with Gasteiger partial charge in [0.25, 0.3) is 10.1 Å². The molecule has 0 saturated heterocycles. The molecular weight excluding hydrogens is 348 g/mol. The SMILES string of the molecule is CCCCCCc1ccc(OC(C)CS(=O)(=O)O)c(CCCCCC)c1. The highest BCUT2D eigenvalue weighted by atomic mass is 32.2. The summed E-state index contributed by atoms with van der Waals surface area (Å²) in [5.41, 5.74) is 2.47. The highest BCUT2D eigenvalue weighted by Crippen LogP contribution is 2.25. The lowest BCUT2D eigenvalue weighted by Crippen LogP contribution is -2.23. The Bertz CT molecular complexity index is 610. The summed E-state index contributed by atoms with van der Waals surface area (Å²) >= 11 is 0. The molecule has 1 aromatic rings. The number of hydrogen-bond donors (Lipinski definition) is 1. The number of ether oxygens (including phenoxy) is 1. The van der Waals surface area contributed by atoms with Crippen LogP contribution in [0.25, 0.3) is 0 Å². The molecule has 0 saturated carbocycles. The van der Waals surface area contributed by atoms with Gasteiger partial charge in [-0.05, 0) is 49.8 Å². The Morgan fingerprint density at radius 1 is 0.962 bits per heavy atom. The van der Waals surface area contributed by atoms with E-state index in [0.29, 0.717) is 0 Å². The molecule has 4 nitrogen and oxygen atoms in total. The Morgan fingerprint density at radius 3 is 2.15 bits per heavy atom. The van der Waals surface area contributed by atoms with Gasteiger partial charge in [0, 0.05) is 0 Å². The van der Waals surface area contributed by atoms with Gasteiger partial charge in [-0.1, -0.05) is 64.5 Å². The molecule has 26 heavy (non-hydrogen) atoms. The van der Waals surface area contributed by atoms with E-state index in [9.17, 15) is 8.42 Å². The number of benzene rings is 1. The van der Waals surface area contributed by atoms with Crippen molar-refractivity contribution in [2.45, 2.75) is 91.1 Å². The normalized spacial score (nSPS) is 12.9. The first-order chi connectivity index (χ1) is 12.4. The Balaban J connectivity index is 2.78. The van der Waals surface area contributed by atoms with Gasteiger partial charge in [-0.25, -0.2) is 0 Å². The molecule has 1 aromatic carbocycles. The van der Waals surface area contributed by atoms with Crippen LogP contribution in [0.1, 0.15) is 83.3 Å². The second kappa shape index (κ2) is 12.3. The summed E-state index contributed by atoms with van der Waals surface area (Å²) in [5, 5.41) is 0. The largest absolute Gasteiger partial charge is 0.489 e. The van der Waals surface area contributed by atoms with Crippen molar-refractivity contribution < 1.29 is 17.7 Å². The van der Waals surface area contributed by atoms with Crippen LogP contribution in [0.4, 0.5) is 0 Å². The van der Waals surface area contributed by atoms with Crippen molar-refractivity contribution >= 4 is 10.1 Å². The highest BCUT2D eigenvalue weighted by molar-refractivity contribution is 7.85. The zero-order valence-corrected chi connectivity index (χ0v) is 17.5. The van der Waals surface area contributed by atoms with E-state index in [4.69, 9.17) is 9.29 Å². The first-order valence-corrected chi connectivity index (χ1v) is 11.7. The van der Waals surface area contributed by atoms with Crippen molar-refractivity contribution in [2.75, 3.05) is 5.75 Å². The van der Waals surface area contributed by atoms with Crippen molar-refractivity contribution in [1.82, 2.24) is 0 Å². The van der Waals surface area contributed by atoms with Crippen LogP contribution < -0.4 is 4.74 Å². The van der Waals surface area contributed by atoms with E-state index in [1.165, 1.54) is 50.5 Å². The first kappa shape index (κ1) is 23.0. The Hall–Kier alpha value is -1.07. The summed E-state index contributed by atoms with van der Waals surface area (Å²) in [4.78, 5) is 0. The lowest BCUT2D eigenvalue weighted by atomic mass is 9.99. The molecule has 150 valence electrons. The summed E-state index contributed by atoms with van der Waals surface area (Å²) in [5.74, 6) is 0.357. The minimum absolute atomic E-state index is 0.388. The van der Waals surface area contributed by atoms with Crippen molar-refractivity contribution in [3.8, 4) is 5.75 Å². The minimum Gasteiger partial charge on any atom is -0.489 e. The number of hydrogen-bond acceptors (Lipinski definition) is 3. The molecule has 0 aliphatic carbocycles. The Labute approximate surface area is 160 Å². The van der Waals surface area contributed by atoms with E-state index in [1.54, 1.807) is 6.92 Å². The monoisotopic (exact) mass is 384 g/mol. The van der Waals surface area contributed by atoms with Crippen LogP contribution in [0.5, 0.6) is 5.75 Å². The van der Waals surface area contributed by atoms with Crippen molar-refractivity contribution in [3.63, 3.8) is 0 Å². The van der Waals surface area contributed by atoms with Gasteiger partial charge in [0.05, 0.1) is 0 Å². The maximum atomic E-state index is 11.1. The predicted molar refractivity (Wildman–Crippen MR) is 109 cm³/mol. The molecule has 1 unspecified atom stereocenters. The van der Waals surface area contributed by atoms with Gasteiger partial charge in [0.2, 0.25) is 0 Å². The average Bonchev–Trinajstić information content (AvgIpc) is 2.56. The number of rotatable bonds is 14. The Morgan fingerprint density at radius 2 is 1.58 bits per heavy atom. The number of aryl methyl sites for hydroxylation is 2. The quantitative estimate of drug-likeness (QED) is 0.335. The summed E-state index contributed by atoms with van der Waals surface area (Å²) in [6.07, 6.45) is 11.1. The van der Waals surface area contributed by atoms with Crippen LogP contribution in [0.15, 0.2) is 18.2 Å². The zero-order valence-electron chi connectivity index (χ0n) is 16.7. The number of unbranched alkanes of at least 4 members (excludes halogenated alkanes) is 6. The molecule has 1 N–H and O–H groups in total. The summed E-state index contributed by atoms with van der Waals surface area (Å²) in [6, 6.07) is 6.26. The molecule has 0 heterocycles. The van der Waals surface area contributed by atoms with Gasteiger partial charge < -0.3 is 4.74 Å². The smallest absolute Gasteiger partial charge is 0.268 e. The van der Waals surface area contributed by atoms with Gasteiger partial charge >= 0.3 is 0 Å². The van der Waals surface area contributed by atoms with Gasteiger partial charge in [-0.3, -0.25) is 4.55 Å². The molecule has 1 atom stereocenters. The van der Waals surface area contributed by atoms with E-state index in [-0.39, 0.29) is 5.75 Å². The molecular formula is C21H36O4S. The molecule has 0 bridgehead atoms. The maximum Gasteiger partial charge on any atom is 0.268 e. The zero-order chi connectivity index (χ0) is 19.4. The molecule has 0 aliphatic heterocycles. The molecule has 0 amide bonds. The van der Waals surface area contributed by atoms with Gasteiger partial charge in [-0.15, -0.1) is 0 Å². The van der Waals surface area contributed by atoms with Gasteiger partial charge in [-0.2, -0.15) is 8.42 Å². The Kier molecular flexibility index (Phi) is 10.9. The summed E-state index contributed by atoms with van der Waals surface area (Å²) in [6.45, 7) is 6.09. The van der Waals surface area contributed by atoms with Crippen LogP contribution >= 0.6 is 0 Å². The summed E-state index contributed by atoms with van der Waals surface area (Å²) < 4.78 is 37.0. The summed E-state index contributed by atoms with van der Waals surface area (Å²) in [7, 11) is -4.03. The van der Waals surface area contributed by atoms with Gasteiger partial charge in [0.15, 0.2) is 0 Å². The highest BCUT2D eigenvalue weighted by Gasteiger charge is 2.15. The minimum atomic E-state index is -4.03. The fraction of sp³-hybridized carbons (Fsp3) is 0.714. The van der Waals surface area contributed by atoms with E-state index in [0.717, 1.165) is 30.6 Å². The van der Waals surface area contributed by atoms with Crippen molar-refractivity contribution in [1.29, 1.82) is 0 Å². The van der Waals surface area contributed by atoms with Crippen LogP contribution in [-0.4, -0.2) is 24.8 Å². The van der Waals surface area contributed by atoms with E-state index in [1.807, 2.05) is 6.07 Å². The molecule has 0 aromatic heterocycles. The molecule has 0 spiro atoms. The molecule has 0 aliphatic rings. The standard InChI is InChI=1S/C21H36O4S/c1-4-6-8-10-12-19-14-15-21(25-18(3)17-26(22,23)24)20(16-19)13-11-9-7-5-2/h14-16,18H,4-13,17H2,1-3H3,(H,22,23,24). The fourth-order valence-electron chi connectivity index (χ4n) is 3.14. The third-order valence-corrected chi connectivity index (χ3v) is 5.41. The van der Waals surface area contributed by atoms with Crippen LogP contribution in [0.2, 0.25) is 0 Å². The molecule has 0 radical (unpaired) electrons. The van der Waals surface area contributed by atoms with Crippen LogP contribution in [-0.2, 0) is 23.0 Å². The second-order valence-electron chi connectivity index (χ2n) is 7.24. The van der Waals surface area contributed by atoms with Gasteiger partial charge in [0.1, 0.15) is 17.6 Å². The van der Waals surface area contributed by atoms with E-state index >= 15 is 0 Å². The second-order valence-corrected chi connectivity index (χ2v) is 8.74. The van der Waals surface area contributed by atoms with Crippen LogP contribution in [0.3, 0.4) is 0 Å².